The van der Waals surface area contributed by atoms with Gasteiger partial charge in [-0.3, -0.25) is 39.6 Å². The Kier molecular flexibility index (Phi) is 18.0. The number of primary amides is 1. The van der Waals surface area contributed by atoms with Gasteiger partial charge in [0, 0.05) is 25.6 Å². The fourth-order valence-electron chi connectivity index (χ4n) is 5.90. The lowest BCUT2D eigenvalue weighted by molar-refractivity contribution is -0.201. The normalized spacial score (nSPS) is 15.2. The number of nitrogens with two attached hydrogens (primary N) is 3. The molecule has 1 aromatic rings. The summed E-state index contributed by atoms with van der Waals surface area (Å²) in [6, 6.07) is 1.69. The summed E-state index contributed by atoms with van der Waals surface area (Å²) in [5, 5.41) is 27.1. The average molecular weight is 783 g/mol. The summed E-state index contributed by atoms with van der Waals surface area (Å²) in [5.74, 6) is -11.1. The highest BCUT2D eigenvalue weighted by molar-refractivity contribution is 6.02. The summed E-state index contributed by atoms with van der Waals surface area (Å²) in [6.45, 7) is 0.0801. The number of nitrogen functional groups attached to an aromatic ring is 1. The number of carbonyl (C=O) groups excluding carboxylic acids is 7. The van der Waals surface area contributed by atoms with Gasteiger partial charge in [-0.05, 0) is 43.6 Å². The number of carbonyl (C=O) groups is 7. The van der Waals surface area contributed by atoms with E-state index in [1.807, 2.05) is 0 Å². The van der Waals surface area contributed by atoms with E-state index >= 15 is 0 Å². The monoisotopic (exact) mass is 782 g/mol. The second-order valence-corrected chi connectivity index (χ2v) is 13.1. The fraction of sp³-hybridized carbons (Fsp3) is 0.559. The third-order valence-corrected chi connectivity index (χ3v) is 8.86. The zero-order valence-corrected chi connectivity index (χ0v) is 30.3. The third-order valence-electron chi connectivity index (χ3n) is 8.86. The van der Waals surface area contributed by atoms with E-state index in [0.29, 0.717) is 11.1 Å². The minimum absolute atomic E-state index is 0.0801. The van der Waals surface area contributed by atoms with Crippen molar-refractivity contribution in [1.82, 2.24) is 26.6 Å². The number of rotatable bonds is 20. The minimum atomic E-state index is -5.50. The SMILES string of the molecule is CNC(=O)C(Cc1ccc(C(=N)N)cc1)C(=O)N[C@@H](CCC(=O)OC(=O)C(F)(F)F)C(=O)N[C@@H](CCCNC(=N)N)C(=O)N[C@@H](CC1CCCCC1)C(N)=O. The maximum absolute atomic E-state index is 13.8. The van der Waals surface area contributed by atoms with Crippen LogP contribution in [0.15, 0.2) is 24.3 Å². The van der Waals surface area contributed by atoms with Crippen molar-refractivity contribution in [2.24, 2.45) is 29.0 Å². The van der Waals surface area contributed by atoms with Crippen molar-refractivity contribution in [2.75, 3.05) is 13.6 Å². The number of amidine groups is 1. The van der Waals surface area contributed by atoms with Crippen molar-refractivity contribution in [1.29, 1.82) is 10.8 Å². The smallest absolute Gasteiger partial charge is 0.386 e. The van der Waals surface area contributed by atoms with Crippen LogP contribution in [0.4, 0.5) is 13.2 Å². The summed E-state index contributed by atoms with van der Waals surface area (Å²) in [6.07, 6.45) is -2.62. The molecule has 0 aliphatic heterocycles. The van der Waals surface area contributed by atoms with Crippen LogP contribution in [0.5, 0.6) is 0 Å². The van der Waals surface area contributed by atoms with Gasteiger partial charge in [0.05, 0.1) is 0 Å². The van der Waals surface area contributed by atoms with Gasteiger partial charge in [-0.1, -0.05) is 56.4 Å². The molecule has 18 nitrogen and oxygen atoms in total. The highest BCUT2D eigenvalue weighted by atomic mass is 19.4. The van der Waals surface area contributed by atoms with Crippen molar-refractivity contribution in [3.63, 3.8) is 0 Å². The molecule has 4 atom stereocenters. The van der Waals surface area contributed by atoms with E-state index < -0.39 is 84.5 Å². The van der Waals surface area contributed by atoms with Gasteiger partial charge in [0.15, 0.2) is 5.96 Å². The van der Waals surface area contributed by atoms with E-state index in [1.54, 1.807) is 0 Å². The zero-order valence-electron chi connectivity index (χ0n) is 30.3. The summed E-state index contributed by atoms with van der Waals surface area (Å²) >= 11 is 0. The van der Waals surface area contributed by atoms with Gasteiger partial charge >= 0.3 is 18.1 Å². The Morgan fingerprint density at radius 2 is 1.38 bits per heavy atom. The van der Waals surface area contributed by atoms with Gasteiger partial charge < -0.3 is 48.5 Å². The predicted molar refractivity (Wildman–Crippen MR) is 190 cm³/mol. The second kappa shape index (κ2) is 21.8. The molecule has 0 heterocycles. The molecule has 13 N–H and O–H groups in total. The summed E-state index contributed by atoms with van der Waals surface area (Å²) < 4.78 is 42.0. The highest BCUT2D eigenvalue weighted by Crippen LogP contribution is 2.27. The van der Waals surface area contributed by atoms with Crippen LogP contribution in [0.2, 0.25) is 0 Å². The molecule has 1 aliphatic rings. The molecule has 0 spiro atoms. The van der Waals surface area contributed by atoms with Crippen molar-refractivity contribution in [3.05, 3.63) is 35.4 Å². The molecule has 0 saturated heterocycles. The number of ether oxygens (including phenoxy) is 1. The average Bonchev–Trinajstić information content (AvgIpc) is 3.12. The molecule has 0 radical (unpaired) electrons. The number of hydrogen-bond donors (Lipinski definition) is 10. The van der Waals surface area contributed by atoms with Crippen LogP contribution in [-0.2, 0) is 44.7 Å². The number of guanidine groups is 1. The highest BCUT2D eigenvalue weighted by Gasteiger charge is 2.42. The Balaban J connectivity index is 2.38. The van der Waals surface area contributed by atoms with E-state index in [1.165, 1.54) is 31.3 Å². The van der Waals surface area contributed by atoms with E-state index in [0.717, 1.165) is 32.1 Å². The van der Waals surface area contributed by atoms with Crippen molar-refractivity contribution in [2.45, 2.75) is 94.9 Å². The molecule has 1 aromatic carbocycles. The molecule has 0 aromatic heterocycles. The molecule has 1 aliphatic carbocycles. The second-order valence-electron chi connectivity index (χ2n) is 13.1. The van der Waals surface area contributed by atoms with Crippen molar-refractivity contribution < 1.29 is 51.5 Å². The summed E-state index contributed by atoms with van der Waals surface area (Å²) in [5.41, 5.74) is 17.2. The molecule has 304 valence electrons. The van der Waals surface area contributed by atoms with Crippen LogP contribution in [0, 0.1) is 22.7 Å². The molecule has 5 amide bonds. The Hall–Kier alpha value is -5.76. The van der Waals surface area contributed by atoms with E-state index in [9.17, 15) is 46.7 Å². The van der Waals surface area contributed by atoms with Crippen LogP contribution < -0.4 is 43.8 Å². The van der Waals surface area contributed by atoms with Gasteiger partial charge in [0.25, 0.3) is 0 Å². The standard InChI is InChI=1S/C34H49F3N10O8/c1-43-28(50)21(16-19-9-11-20(12-10-19)26(38)39)29(51)45-23(13-14-25(48)55-32(54)34(35,36)37)31(53)46-22(8-5-15-44-33(41)42)30(52)47-24(27(40)49)17-18-6-3-2-4-7-18/h9-12,18,21-24H,2-8,13-17H2,1H3,(H3,38,39)(H2,40,49)(H,43,50)(H,45,51)(H,46,53)(H,47,52)(H4,41,42,44)/t21?,22-,23-,24-/m0/s1. The number of benzene rings is 1. The third kappa shape index (κ3) is 16.0. The molecular weight excluding hydrogens is 733 g/mol. The predicted octanol–water partition coefficient (Wildman–Crippen LogP) is -0.539. The molecular formula is C34H49F3N10O8. The fourth-order valence-corrected chi connectivity index (χ4v) is 5.90. The van der Waals surface area contributed by atoms with Gasteiger partial charge in [0.2, 0.25) is 29.5 Å². The molecule has 1 fully saturated rings. The molecule has 21 heteroatoms. The van der Waals surface area contributed by atoms with Crippen molar-refractivity contribution in [3.8, 4) is 0 Å². The summed E-state index contributed by atoms with van der Waals surface area (Å²) in [7, 11) is 1.25. The number of amides is 5. The number of hydrogen-bond acceptors (Lipinski definition) is 10. The van der Waals surface area contributed by atoms with Crippen LogP contribution >= 0.6 is 0 Å². The Labute approximate surface area is 315 Å². The van der Waals surface area contributed by atoms with Gasteiger partial charge in [-0.25, -0.2) is 4.79 Å². The first kappa shape index (κ1) is 45.4. The van der Waals surface area contributed by atoms with E-state index in [2.05, 4.69) is 31.3 Å². The first-order valence-electron chi connectivity index (χ1n) is 17.6. The molecule has 1 saturated carbocycles. The Morgan fingerprint density at radius 1 is 0.818 bits per heavy atom. The van der Waals surface area contributed by atoms with Crippen LogP contribution in [0.25, 0.3) is 0 Å². The van der Waals surface area contributed by atoms with Gasteiger partial charge in [0.1, 0.15) is 29.9 Å². The Bertz CT molecular complexity index is 1570. The van der Waals surface area contributed by atoms with E-state index in [-0.39, 0.29) is 49.9 Å². The number of alkyl halides is 3. The maximum atomic E-state index is 13.8. The van der Waals surface area contributed by atoms with Gasteiger partial charge in [-0.2, -0.15) is 13.2 Å². The maximum Gasteiger partial charge on any atom is 0.491 e. The lowest BCUT2D eigenvalue weighted by Crippen LogP contribution is -2.57. The Morgan fingerprint density at radius 3 is 1.91 bits per heavy atom. The molecule has 1 unspecified atom stereocenters. The lowest BCUT2D eigenvalue weighted by atomic mass is 9.84. The number of halogens is 3. The van der Waals surface area contributed by atoms with Crippen LogP contribution in [0.1, 0.15) is 75.3 Å². The van der Waals surface area contributed by atoms with Crippen LogP contribution in [-0.4, -0.2) is 91.2 Å². The first-order chi connectivity index (χ1) is 25.8. The minimum Gasteiger partial charge on any atom is -0.386 e. The molecule has 55 heavy (non-hydrogen) atoms. The van der Waals surface area contributed by atoms with Crippen LogP contribution in [0.3, 0.4) is 0 Å². The van der Waals surface area contributed by atoms with E-state index in [4.69, 9.17) is 28.0 Å². The quantitative estimate of drug-likeness (QED) is 0.0263. The van der Waals surface area contributed by atoms with Gasteiger partial charge in [-0.15, -0.1) is 0 Å². The molecule has 2 rings (SSSR count). The van der Waals surface area contributed by atoms with Crippen molar-refractivity contribution >= 4 is 53.3 Å². The summed E-state index contributed by atoms with van der Waals surface area (Å²) in [4.78, 5) is 89.6. The first-order valence-corrected chi connectivity index (χ1v) is 17.6. The zero-order chi connectivity index (χ0) is 41.3. The largest absolute Gasteiger partial charge is 0.491 e. The number of esters is 2. The number of nitrogens with one attached hydrogen (secondary N) is 7. The lowest BCUT2D eigenvalue weighted by Gasteiger charge is -2.28. The molecule has 0 bridgehead atoms. The topological polar surface area (TPSA) is 315 Å².